The Morgan fingerprint density at radius 3 is 1.33 bits per heavy atom. The summed E-state index contributed by atoms with van der Waals surface area (Å²) in [6.45, 7) is 13.3. The van der Waals surface area contributed by atoms with E-state index < -0.39 is 0 Å². The summed E-state index contributed by atoms with van der Waals surface area (Å²) in [7, 11) is 0. The van der Waals surface area contributed by atoms with Gasteiger partial charge in [-0.3, -0.25) is 0 Å². The molecule has 0 aliphatic carbocycles. The highest BCUT2D eigenvalue weighted by Gasteiger charge is 2.45. The van der Waals surface area contributed by atoms with Crippen molar-refractivity contribution in [1.82, 2.24) is 0 Å². The van der Waals surface area contributed by atoms with Gasteiger partial charge in [-0.15, -0.1) is 11.8 Å². The molecule has 0 heterocycles. The Balaban J connectivity index is 4.85. The molecule has 0 fully saturated rings. The first-order chi connectivity index (χ1) is 5.06. The lowest BCUT2D eigenvalue weighted by molar-refractivity contribution is 0.0882. The van der Waals surface area contributed by atoms with Crippen LogP contribution < -0.4 is 5.73 Å². The van der Waals surface area contributed by atoms with Crippen molar-refractivity contribution in [3.8, 4) is 0 Å². The summed E-state index contributed by atoms with van der Waals surface area (Å²) >= 11 is 1.74. The van der Waals surface area contributed by atoms with Crippen LogP contribution in [0.15, 0.2) is 0 Å². The second-order valence-electron chi connectivity index (χ2n) is 5.19. The highest BCUT2D eigenvalue weighted by molar-refractivity contribution is 7.99. The molecule has 1 unspecified atom stereocenters. The standard InChI is InChI=1S/C10H23NS/c1-8(2,3)9(4,5)10(6,11)12-7/h11H2,1-7H3. The van der Waals surface area contributed by atoms with E-state index in [1.807, 2.05) is 0 Å². The van der Waals surface area contributed by atoms with Crippen LogP contribution in [0.2, 0.25) is 0 Å². The van der Waals surface area contributed by atoms with Gasteiger partial charge in [-0.05, 0) is 24.0 Å². The average Bonchev–Trinajstić information content (AvgIpc) is 1.85. The third-order valence-corrected chi connectivity index (χ3v) is 4.90. The quantitative estimate of drug-likeness (QED) is 0.676. The van der Waals surface area contributed by atoms with Gasteiger partial charge in [0, 0.05) is 0 Å². The molecule has 0 spiro atoms. The molecule has 1 atom stereocenters. The van der Waals surface area contributed by atoms with Crippen LogP contribution in [0.25, 0.3) is 0 Å². The smallest absolute Gasteiger partial charge is 0.0645 e. The Hall–Kier alpha value is 0.310. The lowest BCUT2D eigenvalue weighted by atomic mass is 9.65. The molecule has 0 rings (SSSR count). The Morgan fingerprint density at radius 1 is 0.917 bits per heavy atom. The predicted octanol–water partition coefficient (Wildman–Crippen LogP) is 3.10. The van der Waals surface area contributed by atoms with Gasteiger partial charge in [0.1, 0.15) is 0 Å². The van der Waals surface area contributed by atoms with Gasteiger partial charge < -0.3 is 5.73 Å². The normalized spacial score (nSPS) is 19.0. The number of hydrogen-bond acceptors (Lipinski definition) is 2. The lowest BCUT2D eigenvalue weighted by Crippen LogP contribution is -2.53. The van der Waals surface area contributed by atoms with Crippen LogP contribution in [0.1, 0.15) is 41.5 Å². The maximum Gasteiger partial charge on any atom is 0.0645 e. The third-order valence-electron chi connectivity index (χ3n) is 3.54. The van der Waals surface area contributed by atoms with Crippen molar-refractivity contribution in [1.29, 1.82) is 0 Å². The molecule has 0 amide bonds. The van der Waals surface area contributed by atoms with Crippen molar-refractivity contribution >= 4 is 11.8 Å². The van der Waals surface area contributed by atoms with Crippen LogP contribution in [0.4, 0.5) is 0 Å². The fourth-order valence-electron chi connectivity index (χ4n) is 1.000. The number of nitrogens with two attached hydrogens (primary N) is 1. The number of thioether (sulfide) groups is 1. The summed E-state index contributed by atoms with van der Waals surface area (Å²) in [4.78, 5) is -0.161. The maximum absolute atomic E-state index is 6.24. The second kappa shape index (κ2) is 3.22. The van der Waals surface area contributed by atoms with Crippen LogP contribution in [0.5, 0.6) is 0 Å². The van der Waals surface area contributed by atoms with E-state index in [4.69, 9.17) is 5.73 Å². The molecule has 0 bridgehead atoms. The largest absolute Gasteiger partial charge is 0.317 e. The topological polar surface area (TPSA) is 26.0 Å². The van der Waals surface area contributed by atoms with Gasteiger partial charge in [-0.2, -0.15) is 0 Å². The van der Waals surface area contributed by atoms with E-state index in [0.717, 1.165) is 0 Å². The third kappa shape index (κ3) is 1.97. The average molecular weight is 189 g/mol. The monoisotopic (exact) mass is 189 g/mol. The first-order valence-corrected chi connectivity index (χ1v) is 5.63. The van der Waals surface area contributed by atoms with Gasteiger partial charge >= 0.3 is 0 Å². The molecule has 12 heavy (non-hydrogen) atoms. The van der Waals surface area contributed by atoms with Crippen molar-refractivity contribution in [2.75, 3.05) is 6.26 Å². The molecule has 0 aliphatic heterocycles. The predicted molar refractivity (Wildman–Crippen MR) is 59.3 cm³/mol. The van der Waals surface area contributed by atoms with Crippen molar-refractivity contribution in [2.24, 2.45) is 16.6 Å². The van der Waals surface area contributed by atoms with Crippen molar-refractivity contribution in [3.63, 3.8) is 0 Å². The number of rotatable bonds is 2. The first-order valence-electron chi connectivity index (χ1n) is 4.40. The highest BCUT2D eigenvalue weighted by Crippen LogP contribution is 2.48. The van der Waals surface area contributed by atoms with E-state index in [2.05, 4.69) is 47.8 Å². The molecule has 74 valence electrons. The fourth-order valence-corrected chi connectivity index (χ4v) is 1.82. The Morgan fingerprint density at radius 2 is 1.25 bits per heavy atom. The van der Waals surface area contributed by atoms with Crippen molar-refractivity contribution in [2.45, 2.75) is 46.4 Å². The summed E-state index contributed by atoms with van der Waals surface area (Å²) in [5, 5.41) is 0. The van der Waals surface area contributed by atoms with Crippen LogP contribution in [0.3, 0.4) is 0 Å². The first kappa shape index (κ1) is 12.3. The lowest BCUT2D eigenvalue weighted by Gasteiger charge is -2.49. The molecule has 2 heteroatoms. The zero-order chi connectivity index (χ0) is 10.2. The van der Waals surface area contributed by atoms with E-state index in [1.54, 1.807) is 11.8 Å². The van der Waals surface area contributed by atoms with Crippen LogP contribution in [-0.4, -0.2) is 11.1 Å². The summed E-state index contributed by atoms with van der Waals surface area (Å²) in [6, 6.07) is 0. The minimum Gasteiger partial charge on any atom is -0.317 e. The summed E-state index contributed by atoms with van der Waals surface area (Å²) in [6.07, 6.45) is 2.08. The molecule has 0 aromatic heterocycles. The number of hydrogen-bond donors (Lipinski definition) is 1. The molecule has 0 saturated heterocycles. The molecule has 0 aromatic rings. The minimum atomic E-state index is -0.161. The van der Waals surface area contributed by atoms with E-state index in [1.165, 1.54) is 0 Å². The van der Waals surface area contributed by atoms with E-state index in [0.29, 0.717) is 0 Å². The zero-order valence-electron chi connectivity index (χ0n) is 9.49. The molecule has 0 aliphatic rings. The summed E-state index contributed by atoms with van der Waals surface area (Å²) in [5.74, 6) is 0. The second-order valence-corrected chi connectivity index (χ2v) is 6.44. The van der Waals surface area contributed by atoms with Gasteiger partial charge in [-0.25, -0.2) is 0 Å². The Labute approximate surface area is 81.5 Å². The Bertz CT molecular complexity index is 154. The fraction of sp³-hybridized carbons (Fsp3) is 1.00. The van der Waals surface area contributed by atoms with Crippen molar-refractivity contribution < 1.29 is 0 Å². The van der Waals surface area contributed by atoms with Gasteiger partial charge in [0.25, 0.3) is 0 Å². The van der Waals surface area contributed by atoms with E-state index in [-0.39, 0.29) is 15.7 Å². The van der Waals surface area contributed by atoms with Gasteiger partial charge in [0.2, 0.25) is 0 Å². The molecule has 1 nitrogen and oxygen atoms in total. The van der Waals surface area contributed by atoms with Crippen molar-refractivity contribution in [3.05, 3.63) is 0 Å². The highest BCUT2D eigenvalue weighted by atomic mass is 32.2. The Kier molecular flexibility index (Phi) is 3.31. The van der Waals surface area contributed by atoms with Crippen LogP contribution in [0, 0.1) is 10.8 Å². The molecule has 0 saturated carbocycles. The molecule has 0 radical (unpaired) electrons. The minimum absolute atomic E-state index is 0.124. The van der Waals surface area contributed by atoms with E-state index >= 15 is 0 Å². The van der Waals surface area contributed by atoms with E-state index in [9.17, 15) is 0 Å². The van der Waals surface area contributed by atoms with Gasteiger partial charge in [0.05, 0.1) is 4.87 Å². The molecular weight excluding hydrogens is 166 g/mol. The zero-order valence-corrected chi connectivity index (χ0v) is 10.3. The molecule has 0 aromatic carbocycles. The molecular formula is C10H23NS. The van der Waals surface area contributed by atoms with Gasteiger partial charge in [0.15, 0.2) is 0 Å². The summed E-state index contributed by atoms with van der Waals surface area (Å²) in [5.41, 5.74) is 6.60. The SMILES string of the molecule is CSC(C)(N)C(C)(C)C(C)(C)C. The van der Waals surface area contributed by atoms with Crippen LogP contribution in [-0.2, 0) is 0 Å². The molecule has 2 N–H and O–H groups in total. The maximum atomic E-state index is 6.24. The van der Waals surface area contributed by atoms with Crippen LogP contribution >= 0.6 is 11.8 Å². The summed E-state index contributed by atoms with van der Waals surface area (Å²) < 4.78 is 0. The van der Waals surface area contributed by atoms with Gasteiger partial charge in [-0.1, -0.05) is 34.6 Å².